The molecule has 0 radical (unpaired) electrons. The summed E-state index contributed by atoms with van der Waals surface area (Å²) < 4.78 is 6.40. The summed E-state index contributed by atoms with van der Waals surface area (Å²) in [4.78, 5) is 0. The molecule has 0 bridgehead atoms. The normalized spacial score (nSPS) is 10.3. The lowest BCUT2D eigenvalue weighted by molar-refractivity contribution is 0.411. The van der Waals surface area contributed by atoms with Crippen molar-refractivity contribution in [2.75, 3.05) is 12.4 Å². The lowest BCUT2D eigenvalue weighted by Crippen LogP contribution is -2.02. The van der Waals surface area contributed by atoms with Crippen molar-refractivity contribution in [3.05, 3.63) is 57.6 Å². The molecule has 0 spiro atoms. The molecule has 0 heterocycles. The fourth-order valence-electron chi connectivity index (χ4n) is 2.05. The average molecular weight is 320 g/mol. The molecule has 0 aliphatic carbocycles. The first-order valence-electron chi connectivity index (χ1n) is 6.24. The van der Waals surface area contributed by atoms with Crippen molar-refractivity contribution in [1.29, 1.82) is 0 Å². The van der Waals surface area contributed by atoms with Gasteiger partial charge in [-0.15, -0.1) is 0 Å². The Morgan fingerprint density at radius 2 is 1.95 bits per heavy atom. The zero-order valence-corrected chi connectivity index (χ0v) is 13.0. The van der Waals surface area contributed by atoms with Gasteiger partial charge < -0.3 is 10.1 Å². The Kier molecular flexibility index (Phi) is 4.48. The first kappa shape index (κ1) is 13.9. The molecule has 0 unspecified atom stereocenters. The van der Waals surface area contributed by atoms with Crippen LogP contribution in [-0.4, -0.2) is 7.11 Å². The molecule has 0 aromatic heterocycles. The van der Waals surface area contributed by atoms with Gasteiger partial charge in [0.05, 0.1) is 7.11 Å². The maximum absolute atomic E-state index is 5.27. The molecule has 3 heteroatoms. The largest absolute Gasteiger partial charge is 0.496 e. The van der Waals surface area contributed by atoms with Crippen LogP contribution in [0.5, 0.6) is 5.75 Å². The number of ether oxygens (including phenoxy) is 1. The average Bonchev–Trinajstić information content (AvgIpc) is 2.40. The standard InChI is InChI=1S/C16H18BrNO/c1-11-9-13(7-8-16(11)19-3)10-18-15-6-4-5-14(17)12(15)2/h4-9,18H,10H2,1-3H3. The number of rotatable bonds is 4. The Bertz CT molecular complexity index is 581. The van der Waals surface area contributed by atoms with Gasteiger partial charge in [-0.1, -0.05) is 34.1 Å². The predicted molar refractivity (Wildman–Crippen MR) is 83.9 cm³/mol. The Balaban J connectivity index is 2.10. The minimum absolute atomic E-state index is 0.808. The number of benzene rings is 2. The molecule has 0 amide bonds. The molecule has 0 aliphatic rings. The van der Waals surface area contributed by atoms with Crippen molar-refractivity contribution < 1.29 is 4.74 Å². The Hall–Kier alpha value is -1.48. The van der Waals surface area contributed by atoms with Crippen molar-refractivity contribution in [1.82, 2.24) is 0 Å². The van der Waals surface area contributed by atoms with E-state index in [2.05, 4.69) is 59.4 Å². The minimum atomic E-state index is 0.808. The van der Waals surface area contributed by atoms with Crippen LogP contribution >= 0.6 is 15.9 Å². The van der Waals surface area contributed by atoms with E-state index in [0.717, 1.165) is 28.0 Å². The quantitative estimate of drug-likeness (QED) is 0.883. The van der Waals surface area contributed by atoms with E-state index in [0.29, 0.717) is 0 Å². The highest BCUT2D eigenvalue weighted by Crippen LogP contribution is 2.24. The summed E-state index contributed by atoms with van der Waals surface area (Å²) >= 11 is 3.55. The topological polar surface area (TPSA) is 21.3 Å². The van der Waals surface area contributed by atoms with Gasteiger partial charge in [0, 0.05) is 16.7 Å². The number of hydrogen-bond acceptors (Lipinski definition) is 2. The van der Waals surface area contributed by atoms with Crippen molar-refractivity contribution in [2.24, 2.45) is 0 Å². The summed E-state index contributed by atoms with van der Waals surface area (Å²) in [6.07, 6.45) is 0. The van der Waals surface area contributed by atoms with Crippen LogP contribution in [0.1, 0.15) is 16.7 Å². The minimum Gasteiger partial charge on any atom is -0.496 e. The summed E-state index contributed by atoms with van der Waals surface area (Å²) in [5, 5.41) is 3.46. The van der Waals surface area contributed by atoms with E-state index in [1.165, 1.54) is 11.1 Å². The van der Waals surface area contributed by atoms with Crippen LogP contribution in [0.15, 0.2) is 40.9 Å². The van der Waals surface area contributed by atoms with Gasteiger partial charge >= 0.3 is 0 Å². The lowest BCUT2D eigenvalue weighted by atomic mass is 10.1. The Labute approximate surface area is 122 Å². The van der Waals surface area contributed by atoms with Crippen LogP contribution < -0.4 is 10.1 Å². The first-order chi connectivity index (χ1) is 9.11. The van der Waals surface area contributed by atoms with Gasteiger partial charge in [0.15, 0.2) is 0 Å². The van der Waals surface area contributed by atoms with E-state index in [4.69, 9.17) is 4.74 Å². The third-order valence-electron chi connectivity index (χ3n) is 3.21. The van der Waals surface area contributed by atoms with Crippen molar-refractivity contribution >= 4 is 21.6 Å². The Morgan fingerprint density at radius 1 is 1.16 bits per heavy atom. The number of hydrogen-bond donors (Lipinski definition) is 1. The maximum atomic E-state index is 5.27. The van der Waals surface area contributed by atoms with Crippen LogP contribution in [0.3, 0.4) is 0 Å². The van der Waals surface area contributed by atoms with Gasteiger partial charge in [0.2, 0.25) is 0 Å². The fraction of sp³-hybridized carbons (Fsp3) is 0.250. The zero-order valence-electron chi connectivity index (χ0n) is 11.5. The van der Waals surface area contributed by atoms with Crippen LogP contribution in [-0.2, 0) is 6.54 Å². The number of halogens is 1. The van der Waals surface area contributed by atoms with Gasteiger partial charge in [-0.25, -0.2) is 0 Å². The summed E-state index contributed by atoms with van der Waals surface area (Å²) in [6, 6.07) is 12.4. The number of anilines is 1. The third kappa shape index (κ3) is 3.29. The van der Waals surface area contributed by atoms with E-state index in [1.54, 1.807) is 7.11 Å². The molecule has 2 nitrogen and oxygen atoms in total. The van der Waals surface area contributed by atoms with E-state index in [9.17, 15) is 0 Å². The molecular weight excluding hydrogens is 302 g/mol. The van der Waals surface area contributed by atoms with E-state index < -0.39 is 0 Å². The predicted octanol–water partition coefficient (Wildman–Crippen LogP) is 4.69. The van der Waals surface area contributed by atoms with Gasteiger partial charge in [-0.3, -0.25) is 0 Å². The second kappa shape index (κ2) is 6.11. The Morgan fingerprint density at radius 3 is 2.63 bits per heavy atom. The molecule has 19 heavy (non-hydrogen) atoms. The van der Waals surface area contributed by atoms with Crippen LogP contribution in [0.25, 0.3) is 0 Å². The van der Waals surface area contributed by atoms with Crippen LogP contribution in [0.2, 0.25) is 0 Å². The molecule has 0 saturated heterocycles. The lowest BCUT2D eigenvalue weighted by Gasteiger charge is -2.12. The molecule has 0 fully saturated rings. The van der Waals surface area contributed by atoms with Gasteiger partial charge in [-0.2, -0.15) is 0 Å². The first-order valence-corrected chi connectivity index (χ1v) is 7.03. The van der Waals surface area contributed by atoms with Crippen molar-refractivity contribution in [2.45, 2.75) is 20.4 Å². The van der Waals surface area contributed by atoms with Crippen molar-refractivity contribution in [3.8, 4) is 5.75 Å². The molecule has 1 N–H and O–H groups in total. The van der Waals surface area contributed by atoms with Gasteiger partial charge in [0.25, 0.3) is 0 Å². The molecule has 2 aromatic carbocycles. The van der Waals surface area contributed by atoms with Gasteiger partial charge in [-0.05, 0) is 48.7 Å². The smallest absolute Gasteiger partial charge is 0.121 e. The summed E-state index contributed by atoms with van der Waals surface area (Å²) in [5.41, 5.74) is 4.79. The van der Waals surface area contributed by atoms with E-state index >= 15 is 0 Å². The maximum Gasteiger partial charge on any atom is 0.121 e. The highest BCUT2D eigenvalue weighted by Gasteiger charge is 2.03. The number of methoxy groups -OCH3 is 1. The molecule has 2 aromatic rings. The number of nitrogens with one attached hydrogen (secondary N) is 1. The van der Waals surface area contributed by atoms with E-state index in [-0.39, 0.29) is 0 Å². The molecule has 0 saturated carbocycles. The monoisotopic (exact) mass is 319 g/mol. The highest BCUT2D eigenvalue weighted by atomic mass is 79.9. The summed E-state index contributed by atoms with van der Waals surface area (Å²) in [6.45, 7) is 4.97. The summed E-state index contributed by atoms with van der Waals surface area (Å²) in [5.74, 6) is 0.933. The van der Waals surface area contributed by atoms with Gasteiger partial charge in [0.1, 0.15) is 5.75 Å². The van der Waals surface area contributed by atoms with Crippen molar-refractivity contribution in [3.63, 3.8) is 0 Å². The highest BCUT2D eigenvalue weighted by molar-refractivity contribution is 9.10. The zero-order chi connectivity index (χ0) is 13.8. The molecule has 0 aliphatic heterocycles. The molecule has 0 atom stereocenters. The molecule has 2 rings (SSSR count). The third-order valence-corrected chi connectivity index (χ3v) is 4.07. The molecule has 100 valence electrons. The number of aryl methyl sites for hydroxylation is 1. The SMILES string of the molecule is COc1ccc(CNc2cccc(Br)c2C)cc1C. The van der Waals surface area contributed by atoms with Crippen LogP contribution in [0.4, 0.5) is 5.69 Å². The van der Waals surface area contributed by atoms with E-state index in [1.807, 2.05) is 12.1 Å². The second-order valence-corrected chi connectivity index (χ2v) is 5.42. The summed E-state index contributed by atoms with van der Waals surface area (Å²) in [7, 11) is 1.70. The molecular formula is C16H18BrNO. The fourth-order valence-corrected chi connectivity index (χ4v) is 2.41. The van der Waals surface area contributed by atoms with Crippen LogP contribution in [0, 0.1) is 13.8 Å². The second-order valence-electron chi connectivity index (χ2n) is 4.57.